The molecule has 2 aliphatic rings. The molecule has 10 nitrogen and oxygen atoms in total. The number of pyridine rings is 1. The summed E-state index contributed by atoms with van der Waals surface area (Å²) in [5.41, 5.74) is 5.53. The van der Waals surface area contributed by atoms with Crippen LogP contribution in [0.2, 0.25) is 0 Å². The molecule has 0 radical (unpaired) electrons. The summed E-state index contributed by atoms with van der Waals surface area (Å²) >= 11 is 0. The zero-order valence-electron chi connectivity index (χ0n) is 22.5. The monoisotopic (exact) mass is 515 g/mol. The Morgan fingerprint density at radius 2 is 1.87 bits per heavy atom. The minimum absolute atomic E-state index is 0.0361. The fraction of sp³-hybridized carbons (Fsp3) is 0.429. The smallest absolute Gasteiger partial charge is 0.319 e. The lowest BCUT2D eigenvalue weighted by Gasteiger charge is -2.39. The van der Waals surface area contributed by atoms with Gasteiger partial charge in [0.2, 0.25) is 5.95 Å². The zero-order chi connectivity index (χ0) is 26.6. The molecule has 0 aliphatic carbocycles. The normalized spacial score (nSPS) is 17.5. The minimum Gasteiger partial charge on any atom is -0.488 e. The van der Waals surface area contributed by atoms with Gasteiger partial charge in [0.1, 0.15) is 23.9 Å². The summed E-state index contributed by atoms with van der Waals surface area (Å²) in [4.78, 5) is 28.2. The number of piperidine rings is 1. The molecule has 1 saturated heterocycles. The lowest BCUT2D eigenvalue weighted by molar-refractivity contribution is 0.155. The number of hydrogen-bond acceptors (Lipinski definition) is 7. The van der Waals surface area contributed by atoms with Gasteiger partial charge in [-0.05, 0) is 51.0 Å². The Morgan fingerprint density at radius 1 is 1.08 bits per heavy atom. The molecule has 4 aromatic rings. The second-order valence-electron chi connectivity index (χ2n) is 10.4. The molecule has 0 bridgehead atoms. The van der Waals surface area contributed by atoms with Crippen molar-refractivity contribution in [3.8, 4) is 16.9 Å². The average molecular weight is 516 g/mol. The molecular weight excluding hydrogens is 482 g/mol. The van der Waals surface area contributed by atoms with Gasteiger partial charge in [-0.15, -0.1) is 0 Å². The summed E-state index contributed by atoms with van der Waals surface area (Å²) in [6.45, 7) is 5.94. The third-order valence-electron chi connectivity index (χ3n) is 7.80. The minimum atomic E-state index is -0.112. The molecule has 6 rings (SSSR count). The number of benzene rings is 1. The van der Waals surface area contributed by atoms with Gasteiger partial charge in [-0.1, -0.05) is 11.2 Å². The highest BCUT2D eigenvalue weighted by atomic mass is 16.5. The Hall–Kier alpha value is -4.08. The van der Waals surface area contributed by atoms with Crippen molar-refractivity contribution in [3.05, 3.63) is 53.7 Å². The quantitative estimate of drug-likeness (QED) is 0.401. The first-order valence-electron chi connectivity index (χ1n) is 13.1. The first-order chi connectivity index (χ1) is 18.3. The van der Waals surface area contributed by atoms with E-state index in [-0.39, 0.29) is 18.1 Å². The van der Waals surface area contributed by atoms with E-state index in [4.69, 9.17) is 14.2 Å². The van der Waals surface area contributed by atoms with E-state index in [1.165, 1.54) is 0 Å². The number of hydrogen-bond donors (Lipinski definition) is 0. The molecule has 2 amide bonds. The van der Waals surface area contributed by atoms with E-state index in [2.05, 4.69) is 31.7 Å². The number of carbonyl (C=O) groups excluding carboxylic acids is 1. The van der Waals surface area contributed by atoms with Gasteiger partial charge in [-0.2, -0.15) is 0 Å². The van der Waals surface area contributed by atoms with Gasteiger partial charge in [0.25, 0.3) is 0 Å². The molecule has 2 aliphatic heterocycles. The van der Waals surface area contributed by atoms with Crippen molar-refractivity contribution in [2.75, 3.05) is 45.7 Å². The van der Waals surface area contributed by atoms with Crippen LogP contribution in [0.4, 0.5) is 10.7 Å². The third-order valence-corrected chi connectivity index (χ3v) is 7.80. The first-order valence-corrected chi connectivity index (χ1v) is 13.1. The number of ether oxygens (including phenoxy) is 1. The number of imidazole rings is 1. The number of nitrogens with zero attached hydrogens (tertiary/aromatic N) is 7. The summed E-state index contributed by atoms with van der Waals surface area (Å²) < 4.78 is 14.3. The van der Waals surface area contributed by atoms with Crippen LogP contribution in [0, 0.1) is 13.8 Å². The number of urea groups is 1. The van der Waals surface area contributed by atoms with Crippen molar-refractivity contribution in [2.24, 2.45) is 0 Å². The van der Waals surface area contributed by atoms with Gasteiger partial charge in [0.15, 0.2) is 5.75 Å². The predicted molar refractivity (Wildman–Crippen MR) is 145 cm³/mol. The molecule has 1 fully saturated rings. The number of aromatic nitrogens is 4. The average Bonchev–Trinajstić information content (AvgIpc) is 3.49. The molecule has 1 aromatic carbocycles. The topological polar surface area (TPSA) is 92.8 Å². The van der Waals surface area contributed by atoms with Crippen molar-refractivity contribution in [2.45, 2.75) is 38.8 Å². The van der Waals surface area contributed by atoms with Crippen LogP contribution in [0.15, 0.2) is 41.1 Å². The van der Waals surface area contributed by atoms with Crippen molar-refractivity contribution < 1.29 is 14.1 Å². The summed E-state index contributed by atoms with van der Waals surface area (Å²) in [7, 11) is 5.49. The molecule has 5 heterocycles. The van der Waals surface area contributed by atoms with Gasteiger partial charge >= 0.3 is 6.03 Å². The van der Waals surface area contributed by atoms with Gasteiger partial charge in [-0.25, -0.2) is 9.78 Å². The van der Waals surface area contributed by atoms with Crippen molar-refractivity contribution in [1.82, 2.24) is 29.5 Å². The maximum absolute atomic E-state index is 12.5. The SMILES string of the molecule is Cc1noc(C)c1-c1ccc2nc(N3CCC(N(C)C(=O)N(C)C)CC3)n3c2c1OC[C@@H]3c1ccccn1. The maximum Gasteiger partial charge on any atom is 0.319 e. The molecule has 10 heteroatoms. The molecule has 0 unspecified atom stereocenters. The van der Waals surface area contributed by atoms with Crippen molar-refractivity contribution in [3.63, 3.8) is 0 Å². The highest BCUT2D eigenvalue weighted by Crippen LogP contribution is 2.46. The molecule has 0 spiro atoms. The predicted octanol–water partition coefficient (Wildman–Crippen LogP) is 4.27. The Labute approximate surface area is 221 Å². The molecule has 0 N–H and O–H groups in total. The van der Waals surface area contributed by atoms with Gasteiger partial charge in [-0.3, -0.25) is 9.55 Å². The van der Waals surface area contributed by atoms with Crippen molar-refractivity contribution in [1.29, 1.82) is 0 Å². The van der Waals surface area contributed by atoms with Gasteiger partial charge in [0, 0.05) is 52.0 Å². The Balaban J connectivity index is 1.43. The van der Waals surface area contributed by atoms with Crippen LogP contribution in [0.25, 0.3) is 22.2 Å². The first kappa shape index (κ1) is 24.3. The Bertz CT molecular complexity index is 1470. The van der Waals surface area contributed by atoms with E-state index < -0.39 is 0 Å². The summed E-state index contributed by atoms with van der Waals surface area (Å²) in [5.74, 6) is 2.48. The van der Waals surface area contributed by atoms with Crippen LogP contribution in [0.5, 0.6) is 5.75 Å². The summed E-state index contributed by atoms with van der Waals surface area (Å²) in [6.07, 6.45) is 3.57. The molecule has 3 aromatic heterocycles. The second-order valence-corrected chi connectivity index (χ2v) is 10.4. The molecule has 198 valence electrons. The number of rotatable bonds is 4. The highest BCUT2D eigenvalue weighted by Gasteiger charge is 2.35. The van der Waals surface area contributed by atoms with Crippen LogP contribution in [-0.2, 0) is 0 Å². The van der Waals surface area contributed by atoms with Crippen LogP contribution in [0.1, 0.15) is 36.0 Å². The molecule has 38 heavy (non-hydrogen) atoms. The van der Waals surface area contributed by atoms with E-state index in [0.717, 1.165) is 76.9 Å². The third kappa shape index (κ3) is 3.86. The number of amides is 2. The maximum atomic E-state index is 12.5. The van der Waals surface area contributed by atoms with E-state index >= 15 is 0 Å². The van der Waals surface area contributed by atoms with Crippen LogP contribution >= 0.6 is 0 Å². The molecule has 0 saturated carbocycles. The fourth-order valence-corrected chi connectivity index (χ4v) is 5.83. The van der Waals surface area contributed by atoms with Gasteiger partial charge in [0.05, 0.1) is 22.5 Å². The van der Waals surface area contributed by atoms with E-state index in [0.29, 0.717) is 6.61 Å². The second kappa shape index (κ2) is 9.34. The summed E-state index contributed by atoms with van der Waals surface area (Å²) in [5, 5.41) is 4.17. The standard InChI is InChI=1S/C28H33N7O3/c1-17-24(18(2)38-31-17)20-9-10-22-25-26(20)37-16-23(21-8-6-7-13-29-21)35(25)27(30-22)34-14-11-19(12-15-34)33(5)28(36)32(3)4/h6-10,13,19,23H,11-12,14-16H2,1-5H3/t23-/m1/s1. The van der Waals surface area contributed by atoms with E-state index in [9.17, 15) is 4.79 Å². The molecular formula is C28H33N7O3. The number of carbonyl (C=O) groups is 1. The zero-order valence-corrected chi connectivity index (χ0v) is 22.5. The van der Waals surface area contributed by atoms with Crippen LogP contribution in [0.3, 0.4) is 0 Å². The fourth-order valence-electron chi connectivity index (χ4n) is 5.83. The van der Waals surface area contributed by atoms with Gasteiger partial charge < -0.3 is 24.0 Å². The van der Waals surface area contributed by atoms with Crippen LogP contribution < -0.4 is 9.64 Å². The Kier molecular flexibility index (Phi) is 5.97. The number of anilines is 1. The molecule has 1 atom stereocenters. The summed E-state index contributed by atoms with van der Waals surface area (Å²) in [6, 6.07) is 10.2. The van der Waals surface area contributed by atoms with E-state index in [1.54, 1.807) is 19.0 Å². The lowest BCUT2D eigenvalue weighted by Crippen LogP contribution is -2.49. The lowest BCUT2D eigenvalue weighted by atomic mass is 10.0. The largest absolute Gasteiger partial charge is 0.488 e. The number of aryl methyl sites for hydroxylation is 2. The van der Waals surface area contributed by atoms with E-state index in [1.807, 2.05) is 50.2 Å². The Morgan fingerprint density at radius 3 is 2.53 bits per heavy atom. The highest BCUT2D eigenvalue weighted by molar-refractivity contribution is 5.94. The van der Waals surface area contributed by atoms with Crippen molar-refractivity contribution >= 4 is 23.0 Å². The van der Waals surface area contributed by atoms with Crippen LogP contribution in [-0.4, -0.2) is 82.4 Å².